The molecule has 3 nitrogen and oxygen atoms in total. The van der Waals surface area contributed by atoms with Crippen LogP contribution < -0.4 is 0 Å². The Balaban J connectivity index is 3.16. The molecule has 1 unspecified atom stereocenters. The summed E-state index contributed by atoms with van der Waals surface area (Å²) in [5.41, 5.74) is 1.96. The molecule has 0 radical (unpaired) electrons. The third-order valence-corrected chi connectivity index (χ3v) is 2.96. The van der Waals surface area contributed by atoms with Crippen LogP contribution in [0.25, 0.3) is 0 Å². The van der Waals surface area contributed by atoms with Crippen LogP contribution in [0.2, 0.25) is 5.15 Å². The molecular weight excluding hydrogens is 224 g/mol. The maximum Gasteiger partial charge on any atom is 0.159 e. The van der Waals surface area contributed by atoms with Gasteiger partial charge in [0.15, 0.2) is 5.82 Å². The number of halogens is 1. The number of hydrogen-bond donors (Lipinski definition) is 0. The van der Waals surface area contributed by atoms with E-state index in [9.17, 15) is 0 Å². The smallest absolute Gasteiger partial charge is 0.159 e. The van der Waals surface area contributed by atoms with Crippen LogP contribution in [-0.4, -0.2) is 17.1 Å². The lowest BCUT2D eigenvalue weighted by Crippen LogP contribution is -2.14. The molecule has 0 amide bonds. The molecule has 0 aliphatic rings. The fourth-order valence-electron chi connectivity index (χ4n) is 1.79. The molecule has 0 fully saturated rings. The lowest BCUT2D eigenvalue weighted by Gasteiger charge is -2.19. The van der Waals surface area contributed by atoms with Crippen molar-refractivity contribution in [3.63, 3.8) is 0 Å². The van der Waals surface area contributed by atoms with E-state index in [2.05, 4.69) is 23.8 Å². The van der Waals surface area contributed by atoms with Crippen LogP contribution in [0.1, 0.15) is 44.0 Å². The Hall–Kier alpha value is -0.670. The molecule has 0 aliphatic heterocycles. The molecule has 0 saturated heterocycles. The zero-order chi connectivity index (χ0) is 12.3. The molecule has 1 atom stereocenters. The highest BCUT2D eigenvalue weighted by Crippen LogP contribution is 2.25. The Morgan fingerprint density at radius 1 is 1.31 bits per heavy atom. The number of aryl methyl sites for hydroxylation is 1. The second-order valence-corrected chi connectivity index (χ2v) is 4.55. The first kappa shape index (κ1) is 13.4. The first-order valence-electron chi connectivity index (χ1n) is 5.56. The van der Waals surface area contributed by atoms with E-state index in [1.807, 2.05) is 13.8 Å². The largest absolute Gasteiger partial charge is 0.373 e. The summed E-state index contributed by atoms with van der Waals surface area (Å²) in [6, 6.07) is 0. The summed E-state index contributed by atoms with van der Waals surface area (Å²) in [4.78, 5) is 8.80. The van der Waals surface area contributed by atoms with Crippen molar-refractivity contribution < 1.29 is 4.74 Å². The van der Waals surface area contributed by atoms with Gasteiger partial charge in [0.1, 0.15) is 11.3 Å². The highest BCUT2D eigenvalue weighted by atomic mass is 35.5. The van der Waals surface area contributed by atoms with Crippen molar-refractivity contribution in [3.05, 3.63) is 22.2 Å². The number of methoxy groups -OCH3 is 1. The molecule has 0 aliphatic carbocycles. The highest BCUT2D eigenvalue weighted by molar-refractivity contribution is 6.30. The molecule has 0 spiro atoms. The van der Waals surface area contributed by atoms with Crippen LogP contribution in [-0.2, 0) is 11.2 Å². The van der Waals surface area contributed by atoms with E-state index in [4.69, 9.17) is 16.3 Å². The molecule has 4 heteroatoms. The van der Waals surface area contributed by atoms with E-state index in [-0.39, 0.29) is 6.10 Å². The second kappa shape index (κ2) is 5.60. The number of ether oxygens (including phenoxy) is 1. The summed E-state index contributed by atoms with van der Waals surface area (Å²) < 4.78 is 5.40. The van der Waals surface area contributed by atoms with E-state index >= 15 is 0 Å². The van der Waals surface area contributed by atoms with Gasteiger partial charge in [-0.05, 0) is 19.3 Å². The SMILES string of the molecule is CCc1c(C)nc(C(OC)C(C)C)nc1Cl. The van der Waals surface area contributed by atoms with Crippen LogP contribution in [0.15, 0.2) is 0 Å². The van der Waals surface area contributed by atoms with Crippen molar-refractivity contribution in [3.8, 4) is 0 Å². The first-order chi connectivity index (χ1) is 7.51. The van der Waals surface area contributed by atoms with E-state index in [0.29, 0.717) is 16.9 Å². The van der Waals surface area contributed by atoms with E-state index in [1.165, 1.54) is 0 Å². The molecule has 0 bridgehead atoms. The Labute approximate surface area is 102 Å². The number of hydrogen-bond acceptors (Lipinski definition) is 3. The summed E-state index contributed by atoms with van der Waals surface area (Å²) in [5.74, 6) is 1.00. The van der Waals surface area contributed by atoms with Gasteiger partial charge in [0, 0.05) is 18.4 Å². The highest BCUT2D eigenvalue weighted by Gasteiger charge is 2.20. The van der Waals surface area contributed by atoms with Gasteiger partial charge in [0.25, 0.3) is 0 Å². The molecule has 0 aromatic carbocycles. The maximum atomic E-state index is 6.13. The second-order valence-electron chi connectivity index (χ2n) is 4.19. The average Bonchev–Trinajstić information content (AvgIpc) is 2.17. The van der Waals surface area contributed by atoms with Crippen molar-refractivity contribution in [2.24, 2.45) is 5.92 Å². The Bertz CT molecular complexity index is 343. The molecule has 1 rings (SSSR count). The fourth-order valence-corrected chi connectivity index (χ4v) is 2.14. The Morgan fingerprint density at radius 3 is 2.31 bits per heavy atom. The van der Waals surface area contributed by atoms with Crippen LogP contribution in [0.5, 0.6) is 0 Å². The number of nitrogens with zero attached hydrogens (tertiary/aromatic N) is 2. The zero-order valence-electron chi connectivity index (χ0n) is 10.5. The predicted molar refractivity (Wildman–Crippen MR) is 65.7 cm³/mol. The van der Waals surface area contributed by atoms with Gasteiger partial charge >= 0.3 is 0 Å². The fraction of sp³-hybridized carbons (Fsp3) is 0.667. The lowest BCUT2D eigenvalue weighted by atomic mass is 10.1. The van der Waals surface area contributed by atoms with E-state index in [1.54, 1.807) is 7.11 Å². The molecular formula is C12H19ClN2O. The molecule has 0 saturated carbocycles. The minimum Gasteiger partial charge on any atom is -0.373 e. The van der Waals surface area contributed by atoms with Crippen molar-refractivity contribution in [1.82, 2.24) is 9.97 Å². The van der Waals surface area contributed by atoms with Crippen molar-refractivity contribution in [1.29, 1.82) is 0 Å². The van der Waals surface area contributed by atoms with E-state index in [0.717, 1.165) is 17.7 Å². The van der Waals surface area contributed by atoms with Gasteiger partial charge in [0.2, 0.25) is 0 Å². The molecule has 0 N–H and O–H groups in total. The number of rotatable bonds is 4. The quantitative estimate of drug-likeness (QED) is 0.760. The lowest BCUT2D eigenvalue weighted by molar-refractivity contribution is 0.0573. The first-order valence-corrected chi connectivity index (χ1v) is 5.94. The predicted octanol–water partition coefficient (Wildman–Crippen LogP) is 3.34. The van der Waals surface area contributed by atoms with E-state index < -0.39 is 0 Å². The summed E-state index contributed by atoms with van der Waals surface area (Å²) >= 11 is 6.13. The minimum atomic E-state index is -0.0953. The van der Waals surface area contributed by atoms with Gasteiger partial charge in [-0.1, -0.05) is 32.4 Å². The molecule has 1 heterocycles. The van der Waals surface area contributed by atoms with Gasteiger partial charge in [-0.25, -0.2) is 9.97 Å². The normalized spacial score (nSPS) is 13.2. The third-order valence-electron chi connectivity index (χ3n) is 2.65. The Morgan fingerprint density at radius 2 is 1.94 bits per heavy atom. The third kappa shape index (κ3) is 2.71. The maximum absolute atomic E-state index is 6.13. The van der Waals surface area contributed by atoms with Crippen LogP contribution >= 0.6 is 11.6 Å². The minimum absolute atomic E-state index is 0.0953. The molecule has 16 heavy (non-hydrogen) atoms. The van der Waals surface area contributed by atoms with Gasteiger partial charge in [-0.3, -0.25) is 0 Å². The van der Waals surface area contributed by atoms with Crippen molar-refractivity contribution in [2.75, 3.05) is 7.11 Å². The van der Waals surface area contributed by atoms with Gasteiger partial charge in [-0.15, -0.1) is 0 Å². The van der Waals surface area contributed by atoms with Crippen molar-refractivity contribution >= 4 is 11.6 Å². The summed E-state index contributed by atoms with van der Waals surface area (Å²) in [5, 5.41) is 0.549. The number of aromatic nitrogens is 2. The van der Waals surface area contributed by atoms with Gasteiger partial charge in [-0.2, -0.15) is 0 Å². The molecule has 90 valence electrons. The van der Waals surface area contributed by atoms with Crippen LogP contribution in [0, 0.1) is 12.8 Å². The summed E-state index contributed by atoms with van der Waals surface area (Å²) in [7, 11) is 1.67. The topological polar surface area (TPSA) is 35.0 Å². The monoisotopic (exact) mass is 242 g/mol. The van der Waals surface area contributed by atoms with Crippen molar-refractivity contribution in [2.45, 2.75) is 40.2 Å². The zero-order valence-corrected chi connectivity index (χ0v) is 11.3. The average molecular weight is 243 g/mol. The van der Waals surface area contributed by atoms with Gasteiger partial charge < -0.3 is 4.74 Å². The van der Waals surface area contributed by atoms with Crippen LogP contribution in [0.4, 0.5) is 0 Å². The van der Waals surface area contributed by atoms with Crippen LogP contribution in [0.3, 0.4) is 0 Å². The van der Waals surface area contributed by atoms with Gasteiger partial charge in [0.05, 0.1) is 0 Å². The molecule has 1 aromatic heterocycles. The Kier molecular flexibility index (Phi) is 4.69. The standard InChI is InChI=1S/C12H19ClN2O/c1-6-9-8(4)14-12(15-11(9)13)10(16-5)7(2)3/h7,10H,6H2,1-5H3. The molecule has 1 aromatic rings. The summed E-state index contributed by atoms with van der Waals surface area (Å²) in [6.45, 7) is 8.17. The summed E-state index contributed by atoms with van der Waals surface area (Å²) in [6.07, 6.45) is 0.756.